The zero-order valence-electron chi connectivity index (χ0n) is 16.7. The van der Waals surface area contributed by atoms with Crippen LogP contribution < -0.4 is 4.74 Å². The molecule has 0 saturated carbocycles. The highest BCUT2D eigenvalue weighted by molar-refractivity contribution is 14.1. The fourth-order valence-corrected chi connectivity index (χ4v) is 3.18. The quantitative estimate of drug-likeness (QED) is 0.299. The van der Waals surface area contributed by atoms with Gasteiger partial charge in [-0.2, -0.15) is 0 Å². The van der Waals surface area contributed by atoms with Crippen molar-refractivity contribution in [1.29, 1.82) is 0 Å². The van der Waals surface area contributed by atoms with Crippen LogP contribution in [0.5, 0.6) is 5.75 Å². The van der Waals surface area contributed by atoms with Gasteiger partial charge in [-0.15, -0.1) is 0 Å². The summed E-state index contributed by atoms with van der Waals surface area (Å²) in [6, 6.07) is 6.81. The number of carbonyl (C=O) groups is 4. The Balaban J connectivity index is 2.47. The Morgan fingerprint density at radius 3 is 1.83 bits per heavy atom. The molecule has 2 rings (SSSR count). The molecule has 164 valence electrons. The third-order valence-corrected chi connectivity index (χ3v) is 4.62. The van der Waals surface area contributed by atoms with Crippen molar-refractivity contribution in [1.82, 2.24) is 0 Å². The van der Waals surface area contributed by atoms with Crippen molar-refractivity contribution in [3.63, 3.8) is 0 Å². The van der Waals surface area contributed by atoms with Crippen molar-refractivity contribution in [3.8, 4) is 5.75 Å². The van der Waals surface area contributed by atoms with Crippen molar-refractivity contribution < 1.29 is 47.6 Å². The van der Waals surface area contributed by atoms with Crippen molar-refractivity contribution in [2.45, 2.75) is 51.5 Å². The Labute approximate surface area is 186 Å². The fraction of sp³-hybridized carbons (Fsp3) is 0.474. The molecule has 1 aromatic rings. The van der Waals surface area contributed by atoms with Crippen molar-refractivity contribution in [2.75, 3.05) is 7.11 Å². The number of halogens is 1. The van der Waals surface area contributed by atoms with Crippen molar-refractivity contribution in [3.05, 3.63) is 27.8 Å². The second-order valence-corrected chi connectivity index (χ2v) is 7.49. The first kappa shape index (κ1) is 23.9. The molecule has 11 heteroatoms. The van der Waals surface area contributed by atoms with Gasteiger partial charge in [-0.05, 0) is 46.9 Å². The summed E-state index contributed by atoms with van der Waals surface area (Å²) in [7, 11) is 1.12. The zero-order valence-corrected chi connectivity index (χ0v) is 18.8. The molecule has 0 aromatic heterocycles. The molecular formula is C19H21IO10. The zero-order chi connectivity index (χ0) is 22.4. The maximum atomic E-state index is 12.3. The van der Waals surface area contributed by atoms with Crippen LogP contribution in [0, 0.1) is 3.57 Å². The summed E-state index contributed by atoms with van der Waals surface area (Å²) in [4.78, 5) is 47.4. The maximum Gasteiger partial charge on any atom is 0.339 e. The van der Waals surface area contributed by atoms with E-state index < -0.39 is 54.6 Å². The van der Waals surface area contributed by atoms with Gasteiger partial charge in [0.2, 0.25) is 12.4 Å². The maximum absolute atomic E-state index is 12.3. The topological polar surface area (TPSA) is 124 Å². The predicted octanol–water partition coefficient (Wildman–Crippen LogP) is 1.36. The molecule has 1 heterocycles. The first-order valence-corrected chi connectivity index (χ1v) is 9.87. The SMILES string of the molecule is COC(=O)C1O[C@@H](Oc2ccc(I)cc2)[C@@H](OC(C)=O)[C@@H](OC(C)=O)[C@H]1OC(C)=O. The largest absolute Gasteiger partial charge is 0.467 e. The third kappa shape index (κ3) is 6.29. The summed E-state index contributed by atoms with van der Waals surface area (Å²) in [5.41, 5.74) is 0. The lowest BCUT2D eigenvalue weighted by molar-refractivity contribution is -0.282. The monoisotopic (exact) mass is 536 g/mol. The summed E-state index contributed by atoms with van der Waals surface area (Å²) in [6.45, 7) is 3.36. The molecule has 1 aliphatic rings. The highest BCUT2D eigenvalue weighted by atomic mass is 127. The van der Waals surface area contributed by atoms with Crippen LogP contribution in [0.3, 0.4) is 0 Å². The summed E-state index contributed by atoms with van der Waals surface area (Å²) in [6.07, 6.45) is -7.02. The predicted molar refractivity (Wildman–Crippen MR) is 107 cm³/mol. The summed E-state index contributed by atoms with van der Waals surface area (Å²) < 4.78 is 32.8. The van der Waals surface area contributed by atoms with Crippen LogP contribution in [0.4, 0.5) is 0 Å². The van der Waals surface area contributed by atoms with Gasteiger partial charge in [-0.1, -0.05) is 0 Å². The van der Waals surface area contributed by atoms with E-state index in [2.05, 4.69) is 22.6 Å². The average Bonchev–Trinajstić information content (AvgIpc) is 2.66. The number of carbonyl (C=O) groups excluding carboxylic acids is 4. The van der Waals surface area contributed by atoms with E-state index in [4.69, 9.17) is 28.4 Å². The minimum Gasteiger partial charge on any atom is -0.467 e. The van der Waals surface area contributed by atoms with Gasteiger partial charge in [-0.3, -0.25) is 14.4 Å². The van der Waals surface area contributed by atoms with Gasteiger partial charge in [0.15, 0.2) is 18.3 Å². The third-order valence-electron chi connectivity index (χ3n) is 3.90. The lowest BCUT2D eigenvalue weighted by Gasteiger charge is -2.43. The lowest BCUT2D eigenvalue weighted by Crippen LogP contribution is -2.64. The minimum absolute atomic E-state index is 0.341. The van der Waals surface area contributed by atoms with Crippen LogP contribution in [0.1, 0.15) is 20.8 Å². The first-order valence-electron chi connectivity index (χ1n) is 8.79. The van der Waals surface area contributed by atoms with Gasteiger partial charge < -0.3 is 28.4 Å². The van der Waals surface area contributed by atoms with Crippen LogP contribution in [0.25, 0.3) is 0 Å². The molecule has 1 saturated heterocycles. The first-order chi connectivity index (χ1) is 14.1. The number of esters is 4. The molecule has 1 aromatic carbocycles. The van der Waals surface area contributed by atoms with Crippen LogP contribution in [-0.2, 0) is 42.9 Å². The Morgan fingerprint density at radius 2 is 1.33 bits per heavy atom. The smallest absolute Gasteiger partial charge is 0.339 e. The fourth-order valence-electron chi connectivity index (χ4n) is 2.82. The van der Waals surface area contributed by atoms with Gasteiger partial charge in [0.1, 0.15) is 5.75 Å². The molecule has 1 fully saturated rings. The van der Waals surface area contributed by atoms with E-state index in [1.54, 1.807) is 24.3 Å². The van der Waals surface area contributed by atoms with Gasteiger partial charge in [-0.25, -0.2) is 4.79 Å². The van der Waals surface area contributed by atoms with E-state index in [0.717, 1.165) is 31.5 Å². The standard InChI is InChI=1S/C19H21IO10/c1-9(21)26-14-15(27-10(2)22)17(28-11(3)23)19(30-16(14)18(24)25-4)29-13-7-5-12(20)6-8-13/h5-8,14-17,19H,1-4H3/t14-,15+,16?,17+,19-/m1/s1. The molecule has 0 spiro atoms. The molecule has 1 unspecified atom stereocenters. The summed E-state index contributed by atoms with van der Waals surface area (Å²) in [5.74, 6) is -2.80. The molecule has 0 N–H and O–H groups in total. The second-order valence-electron chi connectivity index (χ2n) is 6.24. The molecular weight excluding hydrogens is 515 g/mol. The Kier molecular flexibility index (Phi) is 8.41. The van der Waals surface area contributed by atoms with E-state index in [9.17, 15) is 19.2 Å². The van der Waals surface area contributed by atoms with Gasteiger partial charge >= 0.3 is 23.9 Å². The molecule has 0 aliphatic carbocycles. The molecule has 10 nitrogen and oxygen atoms in total. The van der Waals surface area contributed by atoms with E-state index >= 15 is 0 Å². The number of rotatable bonds is 6. The minimum atomic E-state index is -1.50. The van der Waals surface area contributed by atoms with E-state index in [1.807, 2.05) is 0 Å². The molecule has 30 heavy (non-hydrogen) atoms. The van der Waals surface area contributed by atoms with E-state index in [-0.39, 0.29) is 0 Å². The molecule has 0 amide bonds. The molecule has 1 aliphatic heterocycles. The Morgan fingerprint density at radius 1 is 0.833 bits per heavy atom. The normalized spacial score (nSPS) is 25.6. The number of hydrogen-bond acceptors (Lipinski definition) is 10. The molecule has 0 radical (unpaired) electrons. The molecule has 5 atom stereocenters. The van der Waals surface area contributed by atoms with Crippen LogP contribution in [-0.4, -0.2) is 61.7 Å². The number of methoxy groups -OCH3 is 1. The van der Waals surface area contributed by atoms with Gasteiger partial charge in [0.25, 0.3) is 0 Å². The van der Waals surface area contributed by atoms with Gasteiger partial charge in [0.05, 0.1) is 7.11 Å². The van der Waals surface area contributed by atoms with Crippen molar-refractivity contribution in [2.24, 2.45) is 0 Å². The Hall–Kier alpha value is -2.41. The highest BCUT2D eigenvalue weighted by Gasteiger charge is 2.55. The second kappa shape index (κ2) is 10.6. The van der Waals surface area contributed by atoms with Crippen molar-refractivity contribution >= 4 is 46.5 Å². The van der Waals surface area contributed by atoms with Gasteiger partial charge in [0, 0.05) is 24.3 Å². The Bertz CT molecular complexity index is 793. The van der Waals surface area contributed by atoms with E-state index in [0.29, 0.717) is 5.75 Å². The van der Waals surface area contributed by atoms with Crippen LogP contribution in [0.15, 0.2) is 24.3 Å². The number of benzene rings is 1. The molecule has 0 bridgehead atoms. The van der Waals surface area contributed by atoms with E-state index in [1.165, 1.54) is 0 Å². The summed E-state index contributed by atoms with van der Waals surface area (Å²) in [5, 5.41) is 0. The van der Waals surface area contributed by atoms with Crippen LogP contribution >= 0.6 is 22.6 Å². The lowest BCUT2D eigenvalue weighted by atomic mass is 9.97. The highest BCUT2D eigenvalue weighted by Crippen LogP contribution is 2.31. The number of ether oxygens (including phenoxy) is 6. The average molecular weight is 536 g/mol. The number of hydrogen-bond donors (Lipinski definition) is 0. The summed E-state index contributed by atoms with van der Waals surface area (Å²) >= 11 is 2.11. The van der Waals surface area contributed by atoms with Crippen LogP contribution in [0.2, 0.25) is 0 Å².